The number of thiol groups is 1. The monoisotopic (exact) mass is 162 g/mol. The standard InChI is InChI=1S/C5H10N2O2S/c1-3(10)5-7-6-4(2-8)9-5/h3,5,7-8,10H,2H2,1H3. The van der Waals surface area contributed by atoms with Gasteiger partial charge in [0.05, 0.1) is 5.25 Å². The molecule has 10 heavy (non-hydrogen) atoms. The molecule has 5 heteroatoms. The predicted octanol–water partition coefficient (Wildman–Crippen LogP) is -0.444. The summed E-state index contributed by atoms with van der Waals surface area (Å²) < 4.78 is 5.08. The van der Waals surface area contributed by atoms with Gasteiger partial charge in [-0.15, -0.1) is 5.10 Å². The lowest BCUT2D eigenvalue weighted by atomic mass is 10.4. The molecule has 1 heterocycles. The summed E-state index contributed by atoms with van der Waals surface area (Å²) in [5.41, 5.74) is 2.69. The highest BCUT2D eigenvalue weighted by Crippen LogP contribution is 2.07. The van der Waals surface area contributed by atoms with Crippen molar-refractivity contribution in [2.75, 3.05) is 6.61 Å². The second-order valence-corrected chi connectivity index (χ2v) is 2.89. The summed E-state index contributed by atoms with van der Waals surface area (Å²) >= 11 is 4.13. The van der Waals surface area contributed by atoms with Crippen LogP contribution >= 0.6 is 12.6 Å². The first kappa shape index (κ1) is 7.68. The molecule has 0 radical (unpaired) electrons. The van der Waals surface area contributed by atoms with Gasteiger partial charge in [-0.1, -0.05) is 0 Å². The summed E-state index contributed by atoms with van der Waals surface area (Å²) in [4.78, 5) is 0. The van der Waals surface area contributed by atoms with Gasteiger partial charge in [0.1, 0.15) is 6.61 Å². The number of aliphatic hydroxyl groups is 1. The van der Waals surface area contributed by atoms with E-state index in [4.69, 9.17) is 9.84 Å². The van der Waals surface area contributed by atoms with Crippen molar-refractivity contribution < 1.29 is 9.84 Å². The number of nitrogens with zero attached hydrogens (tertiary/aromatic N) is 1. The molecule has 1 aliphatic rings. The lowest BCUT2D eigenvalue weighted by Crippen LogP contribution is -2.30. The Morgan fingerprint density at radius 2 is 2.70 bits per heavy atom. The highest BCUT2D eigenvalue weighted by molar-refractivity contribution is 7.81. The Labute approximate surface area is 64.7 Å². The molecule has 0 fully saturated rings. The third-order valence-corrected chi connectivity index (χ3v) is 1.42. The zero-order valence-corrected chi connectivity index (χ0v) is 6.51. The van der Waals surface area contributed by atoms with Crippen molar-refractivity contribution in [2.24, 2.45) is 5.10 Å². The van der Waals surface area contributed by atoms with E-state index in [1.54, 1.807) is 0 Å². The Morgan fingerprint density at radius 3 is 3.00 bits per heavy atom. The van der Waals surface area contributed by atoms with Crippen molar-refractivity contribution in [3.05, 3.63) is 0 Å². The van der Waals surface area contributed by atoms with Gasteiger partial charge in [0.15, 0.2) is 6.23 Å². The zero-order chi connectivity index (χ0) is 7.56. The van der Waals surface area contributed by atoms with E-state index in [-0.39, 0.29) is 18.1 Å². The van der Waals surface area contributed by atoms with Gasteiger partial charge in [-0.3, -0.25) is 5.43 Å². The van der Waals surface area contributed by atoms with Crippen LogP contribution in [0.4, 0.5) is 0 Å². The van der Waals surface area contributed by atoms with Crippen LogP contribution in [0.5, 0.6) is 0 Å². The molecule has 4 nitrogen and oxygen atoms in total. The Hall–Kier alpha value is -0.420. The summed E-state index contributed by atoms with van der Waals surface area (Å²) in [6.07, 6.45) is -0.203. The molecule has 0 aromatic carbocycles. The molecular formula is C5H10N2O2S. The van der Waals surface area contributed by atoms with E-state index >= 15 is 0 Å². The Bertz CT molecular complexity index is 149. The fourth-order valence-electron chi connectivity index (χ4n) is 0.614. The van der Waals surface area contributed by atoms with Crippen molar-refractivity contribution in [1.29, 1.82) is 0 Å². The van der Waals surface area contributed by atoms with Crippen LogP contribution in [0.2, 0.25) is 0 Å². The maximum atomic E-state index is 8.54. The van der Waals surface area contributed by atoms with Crippen LogP contribution in [0, 0.1) is 0 Å². The van der Waals surface area contributed by atoms with Gasteiger partial charge in [-0.05, 0) is 6.92 Å². The van der Waals surface area contributed by atoms with Gasteiger partial charge in [0.2, 0.25) is 5.90 Å². The van der Waals surface area contributed by atoms with Crippen LogP contribution in [0.15, 0.2) is 5.10 Å². The summed E-state index contributed by atoms with van der Waals surface area (Å²) in [7, 11) is 0. The lowest BCUT2D eigenvalue weighted by Gasteiger charge is -2.12. The largest absolute Gasteiger partial charge is 0.451 e. The van der Waals surface area contributed by atoms with Crippen molar-refractivity contribution in [3.63, 3.8) is 0 Å². The summed E-state index contributed by atoms with van der Waals surface area (Å²) in [6.45, 7) is 1.72. The fraction of sp³-hybridized carbons (Fsp3) is 0.800. The summed E-state index contributed by atoms with van der Waals surface area (Å²) in [5.74, 6) is 0.325. The van der Waals surface area contributed by atoms with Gasteiger partial charge in [0, 0.05) is 0 Å². The Morgan fingerprint density at radius 1 is 2.00 bits per heavy atom. The first-order valence-corrected chi connectivity index (χ1v) is 3.53. The molecule has 1 rings (SSSR count). The van der Waals surface area contributed by atoms with Crippen molar-refractivity contribution in [2.45, 2.75) is 18.4 Å². The normalized spacial score (nSPS) is 26.7. The van der Waals surface area contributed by atoms with E-state index in [9.17, 15) is 0 Å². The number of aliphatic hydroxyl groups excluding tert-OH is 1. The molecule has 58 valence electrons. The minimum absolute atomic E-state index is 0.0628. The predicted molar refractivity (Wildman–Crippen MR) is 41.0 cm³/mol. The molecule has 0 saturated heterocycles. The van der Waals surface area contributed by atoms with E-state index in [0.717, 1.165) is 0 Å². The SMILES string of the molecule is CC(S)C1NN=C(CO)O1. The van der Waals surface area contributed by atoms with Crippen LogP contribution in [0.3, 0.4) is 0 Å². The average molecular weight is 162 g/mol. The van der Waals surface area contributed by atoms with Gasteiger partial charge in [0.25, 0.3) is 0 Å². The summed E-state index contributed by atoms with van der Waals surface area (Å²) in [5, 5.41) is 12.3. The van der Waals surface area contributed by atoms with E-state index in [0.29, 0.717) is 5.90 Å². The molecule has 1 aliphatic heterocycles. The maximum absolute atomic E-state index is 8.54. The highest BCUT2D eigenvalue weighted by atomic mass is 32.1. The van der Waals surface area contributed by atoms with Gasteiger partial charge in [-0.2, -0.15) is 12.6 Å². The molecular weight excluding hydrogens is 152 g/mol. The molecule has 0 saturated carbocycles. The third-order valence-electron chi connectivity index (χ3n) is 1.15. The van der Waals surface area contributed by atoms with Crippen molar-refractivity contribution in [3.8, 4) is 0 Å². The van der Waals surface area contributed by atoms with Crippen LogP contribution < -0.4 is 5.43 Å². The first-order chi connectivity index (χ1) is 4.74. The molecule has 0 aliphatic carbocycles. The topological polar surface area (TPSA) is 53.9 Å². The molecule has 2 atom stereocenters. The second kappa shape index (κ2) is 3.12. The van der Waals surface area contributed by atoms with Crippen LogP contribution in [0.1, 0.15) is 6.92 Å². The molecule has 0 aromatic rings. The molecule has 0 spiro atoms. The number of nitrogens with one attached hydrogen (secondary N) is 1. The third kappa shape index (κ3) is 1.54. The van der Waals surface area contributed by atoms with Crippen LogP contribution in [-0.4, -0.2) is 29.1 Å². The summed E-state index contributed by atoms with van der Waals surface area (Å²) in [6, 6.07) is 0. The molecule has 0 bridgehead atoms. The quantitative estimate of drug-likeness (QED) is 0.482. The minimum atomic E-state index is -0.203. The minimum Gasteiger partial charge on any atom is -0.451 e. The molecule has 2 unspecified atom stereocenters. The lowest BCUT2D eigenvalue weighted by molar-refractivity contribution is 0.173. The van der Waals surface area contributed by atoms with E-state index in [2.05, 4.69) is 23.2 Å². The maximum Gasteiger partial charge on any atom is 0.233 e. The van der Waals surface area contributed by atoms with Gasteiger partial charge in [-0.25, -0.2) is 0 Å². The number of hydrazone groups is 1. The number of rotatable bonds is 2. The van der Waals surface area contributed by atoms with Crippen LogP contribution in [0.25, 0.3) is 0 Å². The second-order valence-electron chi connectivity index (χ2n) is 2.07. The molecule has 0 amide bonds. The highest BCUT2D eigenvalue weighted by Gasteiger charge is 2.21. The van der Waals surface area contributed by atoms with Gasteiger partial charge >= 0.3 is 0 Å². The zero-order valence-electron chi connectivity index (χ0n) is 5.61. The first-order valence-electron chi connectivity index (χ1n) is 3.01. The fourth-order valence-corrected chi connectivity index (χ4v) is 0.741. The Kier molecular flexibility index (Phi) is 2.39. The number of ether oxygens (including phenoxy) is 1. The van der Waals surface area contributed by atoms with Crippen molar-refractivity contribution >= 4 is 18.5 Å². The molecule has 0 aromatic heterocycles. The smallest absolute Gasteiger partial charge is 0.233 e. The number of hydrogen-bond acceptors (Lipinski definition) is 5. The van der Waals surface area contributed by atoms with Gasteiger partial charge < -0.3 is 9.84 Å². The average Bonchev–Trinajstić information content (AvgIpc) is 2.34. The Balaban J connectivity index is 2.36. The van der Waals surface area contributed by atoms with E-state index < -0.39 is 0 Å². The van der Waals surface area contributed by atoms with E-state index in [1.807, 2.05) is 6.92 Å². The van der Waals surface area contributed by atoms with E-state index in [1.165, 1.54) is 0 Å². The molecule has 2 N–H and O–H groups in total. The van der Waals surface area contributed by atoms with Crippen molar-refractivity contribution in [1.82, 2.24) is 5.43 Å². The number of hydrogen-bond donors (Lipinski definition) is 3. The van der Waals surface area contributed by atoms with Crippen LogP contribution in [-0.2, 0) is 4.74 Å².